The van der Waals surface area contributed by atoms with Crippen LogP contribution in [0, 0.1) is 5.92 Å². The standard InChI is InChI=1S/C30H35ClN2O3/c1-23(2)21-32-30(35)28(20-24-10-5-3-6-11-24)33(22-25-12-7-4-8-13-25)29(34)14-9-19-36-27-17-15-26(31)16-18-27/h3-8,10-13,15-18,23,28H,9,14,19-22H2,1-2H3,(H,32,35). The molecule has 0 saturated carbocycles. The van der Waals surface area contributed by atoms with Gasteiger partial charge in [0.2, 0.25) is 11.8 Å². The first-order valence-electron chi connectivity index (χ1n) is 12.5. The Balaban J connectivity index is 1.75. The molecule has 3 rings (SSSR count). The van der Waals surface area contributed by atoms with Gasteiger partial charge in [-0.1, -0.05) is 86.1 Å². The van der Waals surface area contributed by atoms with E-state index >= 15 is 0 Å². The minimum absolute atomic E-state index is 0.0702. The molecule has 3 aromatic rings. The van der Waals surface area contributed by atoms with E-state index in [0.29, 0.717) is 49.2 Å². The molecule has 5 nitrogen and oxygen atoms in total. The van der Waals surface area contributed by atoms with Crippen LogP contribution >= 0.6 is 11.6 Å². The molecule has 190 valence electrons. The van der Waals surface area contributed by atoms with Gasteiger partial charge in [0.25, 0.3) is 0 Å². The molecule has 0 bridgehead atoms. The summed E-state index contributed by atoms with van der Waals surface area (Å²) in [6.45, 7) is 5.44. The van der Waals surface area contributed by atoms with E-state index in [1.54, 1.807) is 29.2 Å². The number of rotatable bonds is 13. The maximum atomic E-state index is 13.6. The van der Waals surface area contributed by atoms with Crippen molar-refractivity contribution >= 4 is 23.4 Å². The van der Waals surface area contributed by atoms with Crippen LogP contribution in [0.4, 0.5) is 0 Å². The Bertz CT molecular complexity index is 1070. The number of carbonyl (C=O) groups is 2. The summed E-state index contributed by atoms with van der Waals surface area (Å²) >= 11 is 5.93. The van der Waals surface area contributed by atoms with Gasteiger partial charge in [0, 0.05) is 31.0 Å². The van der Waals surface area contributed by atoms with E-state index in [1.165, 1.54) is 0 Å². The molecule has 0 fully saturated rings. The molecule has 3 aromatic carbocycles. The predicted molar refractivity (Wildman–Crippen MR) is 145 cm³/mol. The van der Waals surface area contributed by atoms with Crippen LogP contribution in [-0.4, -0.2) is 35.9 Å². The second kappa shape index (κ2) is 14.3. The van der Waals surface area contributed by atoms with Crippen molar-refractivity contribution < 1.29 is 14.3 Å². The second-order valence-corrected chi connectivity index (χ2v) is 9.69. The highest BCUT2D eigenvalue weighted by Gasteiger charge is 2.30. The Morgan fingerprint density at radius 3 is 2.11 bits per heavy atom. The van der Waals surface area contributed by atoms with Crippen molar-refractivity contribution in [1.29, 1.82) is 0 Å². The van der Waals surface area contributed by atoms with Crippen LogP contribution in [-0.2, 0) is 22.6 Å². The van der Waals surface area contributed by atoms with Gasteiger partial charge in [-0.25, -0.2) is 0 Å². The Kier molecular flexibility index (Phi) is 10.8. The number of benzene rings is 3. The SMILES string of the molecule is CC(C)CNC(=O)C(Cc1ccccc1)N(Cc1ccccc1)C(=O)CCCOc1ccc(Cl)cc1. The van der Waals surface area contributed by atoms with Crippen molar-refractivity contribution in [2.45, 2.75) is 45.7 Å². The number of amides is 2. The van der Waals surface area contributed by atoms with E-state index in [-0.39, 0.29) is 18.2 Å². The normalized spacial score (nSPS) is 11.7. The highest BCUT2D eigenvalue weighted by atomic mass is 35.5. The van der Waals surface area contributed by atoms with Crippen molar-refractivity contribution in [3.8, 4) is 5.75 Å². The number of nitrogens with zero attached hydrogens (tertiary/aromatic N) is 1. The summed E-state index contributed by atoms with van der Waals surface area (Å²) < 4.78 is 5.77. The van der Waals surface area contributed by atoms with E-state index in [4.69, 9.17) is 16.3 Å². The largest absolute Gasteiger partial charge is 0.494 e. The smallest absolute Gasteiger partial charge is 0.243 e. The average Bonchev–Trinajstić information content (AvgIpc) is 2.89. The summed E-state index contributed by atoms with van der Waals surface area (Å²) in [6, 6.07) is 26.2. The third-order valence-electron chi connectivity index (χ3n) is 5.77. The van der Waals surface area contributed by atoms with Crippen LogP contribution in [0.25, 0.3) is 0 Å². The molecule has 0 aliphatic rings. The number of hydrogen-bond acceptors (Lipinski definition) is 3. The highest BCUT2D eigenvalue weighted by Crippen LogP contribution is 2.18. The van der Waals surface area contributed by atoms with Crippen LogP contribution < -0.4 is 10.1 Å². The molecule has 0 spiro atoms. The molecule has 36 heavy (non-hydrogen) atoms. The molecule has 0 heterocycles. The molecular weight excluding hydrogens is 472 g/mol. The zero-order valence-corrected chi connectivity index (χ0v) is 21.8. The summed E-state index contributed by atoms with van der Waals surface area (Å²) in [6.07, 6.45) is 1.27. The molecule has 2 amide bonds. The lowest BCUT2D eigenvalue weighted by Crippen LogP contribution is -2.51. The van der Waals surface area contributed by atoms with Crippen LogP contribution in [0.2, 0.25) is 5.02 Å². The fourth-order valence-electron chi connectivity index (χ4n) is 3.84. The number of nitrogens with one attached hydrogen (secondary N) is 1. The van der Waals surface area contributed by atoms with Gasteiger partial charge in [0.05, 0.1) is 6.61 Å². The van der Waals surface area contributed by atoms with Gasteiger partial charge in [-0.05, 0) is 47.7 Å². The van der Waals surface area contributed by atoms with E-state index in [2.05, 4.69) is 19.2 Å². The zero-order chi connectivity index (χ0) is 25.8. The lowest BCUT2D eigenvalue weighted by Gasteiger charge is -2.32. The van der Waals surface area contributed by atoms with Crippen molar-refractivity contribution in [3.63, 3.8) is 0 Å². The summed E-state index contributed by atoms with van der Waals surface area (Å²) in [5.41, 5.74) is 2.00. The predicted octanol–water partition coefficient (Wildman–Crippen LogP) is 5.91. The lowest BCUT2D eigenvalue weighted by atomic mass is 10.0. The molecule has 1 unspecified atom stereocenters. The van der Waals surface area contributed by atoms with Gasteiger partial charge < -0.3 is 15.0 Å². The molecule has 6 heteroatoms. The quantitative estimate of drug-likeness (QED) is 0.293. The monoisotopic (exact) mass is 506 g/mol. The van der Waals surface area contributed by atoms with Gasteiger partial charge in [0.1, 0.15) is 11.8 Å². The molecular formula is C30H35ClN2O3. The fraction of sp³-hybridized carbons (Fsp3) is 0.333. The lowest BCUT2D eigenvalue weighted by molar-refractivity contribution is -0.141. The van der Waals surface area contributed by atoms with E-state index in [9.17, 15) is 9.59 Å². The van der Waals surface area contributed by atoms with Gasteiger partial charge in [-0.2, -0.15) is 0 Å². The summed E-state index contributed by atoms with van der Waals surface area (Å²) in [7, 11) is 0. The average molecular weight is 507 g/mol. The molecule has 0 radical (unpaired) electrons. The van der Waals surface area contributed by atoms with Crippen molar-refractivity contribution in [2.24, 2.45) is 5.92 Å². The summed E-state index contributed by atoms with van der Waals surface area (Å²) in [4.78, 5) is 28.7. The first kappa shape index (κ1) is 27.3. The van der Waals surface area contributed by atoms with Crippen molar-refractivity contribution in [1.82, 2.24) is 10.2 Å². The number of ether oxygens (including phenoxy) is 1. The molecule has 0 aromatic heterocycles. The van der Waals surface area contributed by atoms with Gasteiger partial charge in [-0.3, -0.25) is 9.59 Å². The third-order valence-corrected chi connectivity index (χ3v) is 6.02. The highest BCUT2D eigenvalue weighted by molar-refractivity contribution is 6.30. The topological polar surface area (TPSA) is 58.6 Å². The first-order chi connectivity index (χ1) is 17.4. The van der Waals surface area contributed by atoms with E-state index in [1.807, 2.05) is 60.7 Å². The minimum atomic E-state index is -0.615. The maximum Gasteiger partial charge on any atom is 0.243 e. The van der Waals surface area contributed by atoms with E-state index in [0.717, 1.165) is 11.1 Å². The van der Waals surface area contributed by atoms with Gasteiger partial charge in [-0.15, -0.1) is 0 Å². The number of hydrogen-bond donors (Lipinski definition) is 1. The number of halogens is 1. The van der Waals surface area contributed by atoms with Crippen LogP contribution in [0.5, 0.6) is 5.75 Å². The molecule has 0 aliphatic carbocycles. The van der Waals surface area contributed by atoms with E-state index < -0.39 is 6.04 Å². The Morgan fingerprint density at radius 2 is 1.50 bits per heavy atom. The zero-order valence-electron chi connectivity index (χ0n) is 21.0. The minimum Gasteiger partial charge on any atom is -0.494 e. The van der Waals surface area contributed by atoms with Gasteiger partial charge in [0.15, 0.2) is 0 Å². The molecule has 0 saturated heterocycles. The van der Waals surface area contributed by atoms with Crippen LogP contribution in [0.3, 0.4) is 0 Å². The second-order valence-electron chi connectivity index (χ2n) is 9.26. The summed E-state index contributed by atoms with van der Waals surface area (Å²) in [5, 5.41) is 3.70. The van der Waals surface area contributed by atoms with Crippen LogP contribution in [0.15, 0.2) is 84.9 Å². The Hall–Kier alpha value is -3.31. The summed E-state index contributed by atoms with van der Waals surface area (Å²) in [5.74, 6) is 0.825. The first-order valence-corrected chi connectivity index (χ1v) is 12.8. The van der Waals surface area contributed by atoms with Crippen molar-refractivity contribution in [3.05, 3.63) is 101 Å². The third kappa shape index (κ3) is 9.04. The fourth-order valence-corrected chi connectivity index (χ4v) is 3.97. The molecule has 1 N–H and O–H groups in total. The molecule has 1 atom stereocenters. The Labute approximate surface area is 219 Å². The number of carbonyl (C=O) groups excluding carboxylic acids is 2. The Morgan fingerprint density at radius 1 is 0.889 bits per heavy atom. The van der Waals surface area contributed by atoms with Gasteiger partial charge >= 0.3 is 0 Å². The van der Waals surface area contributed by atoms with Crippen LogP contribution in [0.1, 0.15) is 37.8 Å². The molecule has 0 aliphatic heterocycles. The van der Waals surface area contributed by atoms with Crippen molar-refractivity contribution in [2.75, 3.05) is 13.2 Å². The maximum absolute atomic E-state index is 13.6.